The Kier molecular flexibility index (Phi) is 5.01. The van der Waals surface area contributed by atoms with Crippen LogP contribution in [0.1, 0.15) is 22.9 Å². The van der Waals surface area contributed by atoms with E-state index in [1.807, 2.05) is 36.4 Å². The number of ether oxygens (including phenoxy) is 2. The number of hydrogen-bond donors (Lipinski definition) is 2. The number of aliphatic hydroxyl groups excluding tert-OH is 1. The summed E-state index contributed by atoms with van der Waals surface area (Å²) >= 11 is 0. The van der Waals surface area contributed by atoms with Crippen molar-refractivity contribution in [3.05, 3.63) is 59.3 Å². The molecule has 0 spiro atoms. The molecule has 1 aromatic heterocycles. The van der Waals surface area contributed by atoms with Crippen molar-refractivity contribution in [3.8, 4) is 11.5 Å². The van der Waals surface area contributed by atoms with E-state index in [-0.39, 0.29) is 31.5 Å². The first kappa shape index (κ1) is 20.4. The van der Waals surface area contributed by atoms with Gasteiger partial charge in [-0.05, 0) is 23.8 Å². The second kappa shape index (κ2) is 7.87. The zero-order valence-electron chi connectivity index (χ0n) is 18.0. The number of piperazine rings is 1. The average Bonchev–Trinajstić information content (AvgIpc) is 3.19. The van der Waals surface area contributed by atoms with E-state index in [1.165, 1.54) is 4.90 Å². The summed E-state index contributed by atoms with van der Waals surface area (Å²) in [5.41, 5.74) is 3.66. The van der Waals surface area contributed by atoms with E-state index in [0.29, 0.717) is 17.9 Å². The molecular formula is C24H25N3O5. The molecule has 8 nitrogen and oxygen atoms in total. The van der Waals surface area contributed by atoms with Crippen molar-refractivity contribution in [3.63, 3.8) is 0 Å². The van der Waals surface area contributed by atoms with Crippen molar-refractivity contribution in [1.82, 2.24) is 14.8 Å². The summed E-state index contributed by atoms with van der Waals surface area (Å²) in [5.74, 6) is 0.921. The standard InChI is InChI=1S/C24H25N3O5/c1-31-14-7-8-16(20(11-14)32-2)23-22-17(15-5-3-4-6-18(15)25-22)12-19-24(30)26(9-10-28)13-21(29)27(19)23/h3-8,11,19,23,25,28H,9-10,12-13H2,1-2H3/t19-,23-/m0/s1. The Morgan fingerprint density at radius 2 is 1.94 bits per heavy atom. The molecule has 1 fully saturated rings. The fraction of sp³-hybridized carbons (Fsp3) is 0.333. The van der Waals surface area contributed by atoms with Gasteiger partial charge in [0.25, 0.3) is 0 Å². The van der Waals surface area contributed by atoms with Crippen LogP contribution in [0.3, 0.4) is 0 Å². The highest BCUT2D eigenvalue weighted by Gasteiger charge is 2.48. The molecule has 8 heteroatoms. The Morgan fingerprint density at radius 3 is 2.69 bits per heavy atom. The number of aromatic amines is 1. The van der Waals surface area contributed by atoms with Gasteiger partial charge in [-0.1, -0.05) is 18.2 Å². The third-order valence-corrected chi connectivity index (χ3v) is 6.45. The molecule has 5 rings (SSSR count). The summed E-state index contributed by atoms with van der Waals surface area (Å²) in [5, 5.41) is 10.4. The van der Waals surface area contributed by atoms with Crippen LogP contribution in [0.15, 0.2) is 42.5 Å². The highest BCUT2D eigenvalue weighted by atomic mass is 16.5. The maximum absolute atomic E-state index is 13.4. The van der Waals surface area contributed by atoms with E-state index in [9.17, 15) is 14.7 Å². The van der Waals surface area contributed by atoms with E-state index >= 15 is 0 Å². The fourth-order valence-corrected chi connectivity index (χ4v) is 5.00. The van der Waals surface area contributed by atoms with Crippen LogP contribution >= 0.6 is 0 Å². The van der Waals surface area contributed by atoms with Gasteiger partial charge in [0.05, 0.1) is 27.4 Å². The van der Waals surface area contributed by atoms with Gasteiger partial charge in [-0.25, -0.2) is 0 Å². The summed E-state index contributed by atoms with van der Waals surface area (Å²) < 4.78 is 11.0. The van der Waals surface area contributed by atoms with Crippen molar-refractivity contribution < 1.29 is 24.2 Å². The summed E-state index contributed by atoms with van der Waals surface area (Å²) in [4.78, 5) is 33.3. The lowest BCUT2D eigenvalue weighted by atomic mass is 9.86. The number of carbonyl (C=O) groups is 2. The number of rotatable bonds is 5. The quantitative estimate of drug-likeness (QED) is 0.638. The number of carbonyl (C=O) groups excluding carboxylic acids is 2. The van der Waals surface area contributed by atoms with Crippen LogP contribution in [0.2, 0.25) is 0 Å². The Morgan fingerprint density at radius 1 is 1.12 bits per heavy atom. The minimum atomic E-state index is -0.647. The lowest BCUT2D eigenvalue weighted by Gasteiger charge is -2.47. The van der Waals surface area contributed by atoms with Crippen LogP contribution < -0.4 is 9.47 Å². The van der Waals surface area contributed by atoms with Crippen LogP contribution in [0.4, 0.5) is 0 Å². The molecule has 2 amide bonds. The summed E-state index contributed by atoms with van der Waals surface area (Å²) in [6.45, 7) is -0.0909. The molecule has 1 saturated heterocycles. The van der Waals surface area contributed by atoms with Gasteiger partial charge in [0.15, 0.2) is 0 Å². The van der Waals surface area contributed by atoms with Crippen molar-refractivity contribution >= 4 is 22.7 Å². The lowest BCUT2D eigenvalue weighted by molar-refractivity contribution is -0.159. The van der Waals surface area contributed by atoms with Gasteiger partial charge in [-0.2, -0.15) is 0 Å². The number of aromatic nitrogens is 1. The molecule has 0 aliphatic carbocycles. The van der Waals surface area contributed by atoms with Crippen LogP contribution in [0.5, 0.6) is 11.5 Å². The van der Waals surface area contributed by atoms with Crippen molar-refractivity contribution in [2.75, 3.05) is 33.9 Å². The minimum absolute atomic E-state index is 0.0551. The molecule has 0 radical (unpaired) electrons. The predicted octanol–water partition coefficient (Wildman–Crippen LogP) is 1.86. The van der Waals surface area contributed by atoms with Gasteiger partial charge in [0.2, 0.25) is 11.8 Å². The molecule has 2 N–H and O–H groups in total. The van der Waals surface area contributed by atoms with E-state index in [0.717, 1.165) is 27.7 Å². The largest absolute Gasteiger partial charge is 0.497 e. The molecule has 2 aliphatic heterocycles. The Labute approximate surface area is 185 Å². The molecule has 0 unspecified atom stereocenters. The van der Waals surface area contributed by atoms with Crippen molar-refractivity contribution in [2.24, 2.45) is 0 Å². The zero-order chi connectivity index (χ0) is 22.4. The van der Waals surface area contributed by atoms with Gasteiger partial charge >= 0.3 is 0 Å². The minimum Gasteiger partial charge on any atom is -0.497 e. The molecule has 166 valence electrons. The zero-order valence-corrected chi connectivity index (χ0v) is 18.0. The fourth-order valence-electron chi connectivity index (χ4n) is 5.00. The predicted molar refractivity (Wildman–Crippen MR) is 118 cm³/mol. The summed E-state index contributed by atoms with van der Waals surface area (Å²) in [7, 11) is 3.17. The first-order valence-corrected chi connectivity index (χ1v) is 10.6. The van der Waals surface area contributed by atoms with Crippen molar-refractivity contribution in [1.29, 1.82) is 0 Å². The molecule has 2 aromatic carbocycles. The number of methoxy groups -OCH3 is 2. The number of fused-ring (bicyclic) bond motifs is 4. The smallest absolute Gasteiger partial charge is 0.246 e. The van der Waals surface area contributed by atoms with E-state index in [4.69, 9.17) is 9.47 Å². The number of aliphatic hydroxyl groups is 1. The monoisotopic (exact) mass is 435 g/mol. The van der Waals surface area contributed by atoms with E-state index in [1.54, 1.807) is 25.2 Å². The molecule has 32 heavy (non-hydrogen) atoms. The lowest BCUT2D eigenvalue weighted by Crippen LogP contribution is -2.63. The Hall–Kier alpha value is -3.52. The summed E-state index contributed by atoms with van der Waals surface area (Å²) in [6.07, 6.45) is 0.417. The number of nitrogens with zero attached hydrogens (tertiary/aromatic N) is 2. The molecule has 0 bridgehead atoms. The first-order chi connectivity index (χ1) is 15.6. The third-order valence-electron chi connectivity index (χ3n) is 6.45. The van der Waals surface area contributed by atoms with Gasteiger partial charge in [-0.15, -0.1) is 0 Å². The number of β-amino-alcohol motifs (C(OH)–C–C–N with tert-alkyl or cyclic N) is 1. The maximum Gasteiger partial charge on any atom is 0.246 e. The van der Waals surface area contributed by atoms with Crippen LogP contribution in [-0.4, -0.2) is 71.7 Å². The van der Waals surface area contributed by atoms with Crippen LogP contribution in [-0.2, 0) is 16.0 Å². The highest BCUT2D eigenvalue weighted by molar-refractivity contribution is 5.97. The number of benzene rings is 2. The van der Waals surface area contributed by atoms with E-state index in [2.05, 4.69) is 4.98 Å². The molecule has 2 atom stereocenters. The number of H-pyrrole nitrogens is 1. The molecular weight excluding hydrogens is 410 g/mol. The number of nitrogens with one attached hydrogen (secondary N) is 1. The molecule has 3 heterocycles. The van der Waals surface area contributed by atoms with Gasteiger partial charge in [-0.3, -0.25) is 9.59 Å². The maximum atomic E-state index is 13.4. The Bertz CT molecular complexity index is 1200. The molecule has 0 saturated carbocycles. The topological polar surface area (TPSA) is 95.1 Å². The molecule has 3 aromatic rings. The average molecular weight is 435 g/mol. The molecule has 2 aliphatic rings. The van der Waals surface area contributed by atoms with Crippen LogP contribution in [0, 0.1) is 0 Å². The second-order valence-corrected chi connectivity index (χ2v) is 8.08. The SMILES string of the molecule is COc1ccc([C@H]2c3[nH]c4ccccc4c3C[C@H]3C(=O)N(CCO)CC(=O)N23)c(OC)c1. The van der Waals surface area contributed by atoms with E-state index < -0.39 is 12.1 Å². The van der Waals surface area contributed by atoms with Gasteiger partial charge < -0.3 is 29.4 Å². The highest BCUT2D eigenvalue weighted by Crippen LogP contribution is 2.45. The van der Waals surface area contributed by atoms with Gasteiger partial charge in [0, 0.05) is 41.2 Å². The second-order valence-electron chi connectivity index (χ2n) is 8.08. The number of amides is 2. The number of hydrogen-bond acceptors (Lipinski definition) is 5. The number of para-hydroxylation sites is 1. The normalized spacial score (nSPS) is 20.3. The van der Waals surface area contributed by atoms with Crippen molar-refractivity contribution in [2.45, 2.75) is 18.5 Å². The summed E-state index contributed by atoms with van der Waals surface area (Å²) in [6, 6.07) is 12.3. The third kappa shape index (κ3) is 3.02. The first-order valence-electron chi connectivity index (χ1n) is 10.6. The van der Waals surface area contributed by atoms with Crippen LogP contribution in [0.25, 0.3) is 10.9 Å². The van der Waals surface area contributed by atoms with Gasteiger partial charge in [0.1, 0.15) is 23.6 Å². The Balaban J connectivity index is 1.73.